The molecule has 0 aliphatic rings. The van der Waals surface area contributed by atoms with E-state index in [4.69, 9.17) is 9.53 Å². The van der Waals surface area contributed by atoms with Crippen molar-refractivity contribution >= 4 is 24.7 Å². The molecule has 0 atom stereocenters. The Labute approximate surface area is 163 Å². The van der Waals surface area contributed by atoms with Crippen LogP contribution >= 0.6 is 0 Å². The van der Waals surface area contributed by atoms with Crippen LogP contribution < -0.4 is 10.4 Å². The predicted octanol–water partition coefficient (Wildman–Crippen LogP) is 4.37. The van der Waals surface area contributed by atoms with Gasteiger partial charge in [0.25, 0.3) is 8.32 Å². The van der Waals surface area contributed by atoms with Gasteiger partial charge >= 0.3 is 5.97 Å². The summed E-state index contributed by atoms with van der Waals surface area (Å²) in [5, 5.41) is 11.3. The van der Waals surface area contributed by atoms with E-state index in [1.807, 2.05) is 25.1 Å². The Bertz CT molecular complexity index is 722. The molecule has 0 spiro atoms. The zero-order valence-electron chi connectivity index (χ0n) is 16.7. The van der Waals surface area contributed by atoms with Crippen LogP contribution in [-0.2, 0) is 9.22 Å². The summed E-state index contributed by atoms with van der Waals surface area (Å²) < 4.78 is 6.81. The Kier molecular flexibility index (Phi) is 7.16. The Morgan fingerprint density at radius 2 is 1.48 bits per heavy atom. The monoisotopic (exact) mass is 382 g/mol. The van der Waals surface area contributed by atoms with Crippen LogP contribution in [0.25, 0.3) is 0 Å². The van der Waals surface area contributed by atoms with Gasteiger partial charge in [0, 0.05) is 6.42 Å². The van der Waals surface area contributed by atoms with Gasteiger partial charge in [-0.2, -0.15) is 0 Å². The van der Waals surface area contributed by atoms with E-state index in [0.717, 1.165) is 5.57 Å². The number of carboxylic acid groups (broad SMARTS) is 1. The first-order valence-corrected chi connectivity index (χ1v) is 11.3. The maximum atomic E-state index is 10.7. The molecule has 0 radical (unpaired) electrons. The van der Waals surface area contributed by atoms with Crippen molar-refractivity contribution in [2.75, 3.05) is 6.61 Å². The van der Waals surface area contributed by atoms with E-state index in [-0.39, 0.29) is 11.5 Å². The molecule has 3 nitrogen and oxygen atoms in total. The number of benzene rings is 2. The molecule has 0 aromatic heterocycles. The highest BCUT2D eigenvalue weighted by Gasteiger charge is 2.50. The van der Waals surface area contributed by atoms with Crippen LogP contribution in [-0.4, -0.2) is 26.0 Å². The number of carbonyl (C=O) groups is 1. The third-order valence-electron chi connectivity index (χ3n) is 4.78. The summed E-state index contributed by atoms with van der Waals surface area (Å²) in [4.78, 5) is 10.7. The van der Waals surface area contributed by atoms with Crippen LogP contribution in [0.5, 0.6) is 0 Å². The standard InChI is InChI=1S/C23H30O3Si/c1-19(12-11-17-22(24)25)18-26-27(23(2,3)4,20-13-7-5-8-14-20)21-15-9-6-10-16-21/h5-10,12-16H,11,17-18H2,1-4H3,(H,24,25)/b19-12+. The van der Waals surface area contributed by atoms with Gasteiger partial charge in [-0.05, 0) is 28.8 Å². The molecule has 2 aromatic carbocycles. The largest absolute Gasteiger partial charge is 0.481 e. The van der Waals surface area contributed by atoms with Gasteiger partial charge < -0.3 is 9.53 Å². The van der Waals surface area contributed by atoms with Crippen molar-refractivity contribution in [2.24, 2.45) is 0 Å². The molecule has 2 rings (SSSR count). The molecule has 0 heterocycles. The van der Waals surface area contributed by atoms with Crippen molar-refractivity contribution in [1.29, 1.82) is 0 Å². The van der Waals surface area contributed by atoms with Gasteiger partial charge in [-0.3, -0.25) is 4.79 Å². The normalized spacial score (nSPS) is 12.8. The molecule has 0 saturated carbocycles. The van der Waals surface area contributed by atoms with Gasteiger partial charge in [-0.1, -0.05) is 93.1 Å². The third kappa shape index (κ3) is 5.18. The quantitative estimate of drug-likeness (QED) is 0.544. The van der Waals surface area contributed by atoms with E-state index in [1.54, 1.807) is 0 Å². The SMILES string of the molecule is C/C(=C\CCC(=O)O)CO[Si](c1ccccc1)(c1ccccc1)C(C)(C)C. The summed E-state index contributed by atoms with van der Waals surface area (Å²) in [5.41, 5.74) is 1.07. The van der Waals surface area contributed by atoms with Crippen LogP contribution in [0, 0.1) is 0 Å². The summed E-state index contributed by atoms with van der Waals surface area (Å²) in [5.74, 6) is -0.771. The lowest BCUT2D eigenvalue weighted by molar-refractivity contribution is -0.136. The Morgan fingerprint density at radius 3 is 1.89 bits per heavy atom. The molecule has 0 aliphatic heterocycles. The van der Waals surface area contributed by atoms with E-state index in [1.165, 1.54) is 10.4 Å². The first kappa shape index (κ1) is 21.1. The summed E-state index contributed by atoms with van der Waals surface area (Å²) in [6, 6.07) is 21.1. The van der Waals surface area contributed by atoms with E-state index in [2.05, 4.69) is 69.3 Å². The maximum Gasteiger partial charge on any atom is 0.303 e. The third-order valence-corrected chi connectivity index (χ3v) is 9.77. The first-order chi connectivity index (χ1) is 12.8. The van der Waals surface area contributed by atoms with Crippen molar-refractivity contribution in [3.8, 4) is 0 Å². The van der Waals surface area contributed by atoms with Gasteiger partial charge in [-0.15, -0.1) is 0 Å². The van der Waals surface area contributed by atoms with Crippen LogP contribution in [0.3, 0.4) is 0 Å². The fraction of sp³-hybridized carbons (Fsp3) is 0.348. The highest BCUT2D eigenvalue weighted by Crippen LogP contribution is 2.36. The highest BCUT2D eigenvalue weighted by atomic mass is 28.4. The fourth-order valence-electron chi connectivity index (χ4n) is 3.48. The van der Waals surface area contributed by atoms with Crippen molar-refractivity contribution in [2.45, 2.75) is 45.6 Å². The molecule has 144 valence electrons. The zero-order valence-corrected chi connectivity index (χ0v) is 17.7. The zero-order chi connectivity index (χ0) is 19.9. The number of aliphatic carboxylic acids is 1. The molecule has 1 N–H and O–H groups in total. The second-order valence-corrected chi connectivity index (χ2v) is 12.2. The van der Waals surface area contributed by atoms with Crippen molar-refractivity contribution in [3.05, 3.63) is 72.3 Å². The molecule has 0 amide bonds. The topological polar surface area (TPSA) is 46.5 Å². The summed E-state index contributed by atoms with van der Waals surface area (Å²) in [6.45, 7) is 9.28. The molecular weight excluding hydrogens is 352 g/mol. The summed E-state index contributed by atoms with van der Waals surface area (Å²) in [7, 11) is -2.53. The Hall–Kier alpha value is -2.17. The van der Waals surface area contributed by atoms with Crippen molar-refractivity contribution in [3.63, 3.8) is 0 Å². The Balaban J connectivity index is 2.42. The molecule has 0 unspecified atom stereocenters. The van der Waals surface area contributed by atoms with Gasteiger partial charge in [0.2, 0.25) is 0 Å². The minimum Gasteiger partial charge on any atom is -0.481 e. The molecule has 27 heavy (non-hydrogen) atoms. The lowest BCUT2D eigenvalue weighted by Crippen LogP contribution is -2.66. The summed E-state index contributed by atoms with van der Waals surface area (Å²) in [6.07, 6.45) is 2.66. The maximum absolute atomic E-state index is 10.7. The van der Waals surface area contributed by atoms with E-state index >= 15 is 0 Å². The minimum absolute atomic E-state index is 0.0585. The summed E-state index contributed by atoms with van der Waals surface area (Å²) >= 11 is 0. The van der Waals surface area contributed by atoms with E-state index in [0.29, 0.717) is 13.0 Å². The average Bonchev–Trinajstić information content (AvgIpc) is 2.62. The molecule has 0 bridgehead atoms. The van der Waals surface area contributed by atoms with Crippen LogP contribution in [0.1, 0.15) is 40.5 Å². The number of hydrogen-bond acceptors (Lipinski definition) is 2. The molecular formula is C23H30O3Si. The second-order valence-electron chi connectivity index (χ2n) is 7.93. The van der Waals surface area contributed by atoms with Crippen LogP contribution in [0.4, 0.5) is 0 Å². The van der Waals surface area contributed by atoms with E-state index in [9.17, 15) is 4.79 Å². The van der Waals surface area contributed by atoms with Crippen molar-refractivity contribution in [1.82, 2.24) is 0 Å². The minimum atomic E-state index is -2.53. The fourth-order valence-corrected chi connectivity index (χ4v) is 8.08. The highest BCUT2D eigenvalue weighted by molar-refractivity contribution is 6.99. The van der Waals surface area contributed by atoms with Gasteiger partial charge in [0.15, 0.2) is 0 Å². The number of allylic oxidation sites excluding steroid dienone is 1. The lowest BCUT2D eigenvalue weighted by Gasteiger charge is -2.43. The van der Waals surface area contributed by atoms with Crippen LogP contribution in [0.15, 0.2) is 72.3 Å². The number of rotatable bonds is 8. The van der Waals surface area contributed by atoms with Crippen molar-refractivity contribution < 1.29 is 14.3 Å². The van der Waals surface area contributed by atoms with Gasteiger partial charge in [0.1, 0.15) is 0 Å². The predicted molar refractivity (Wildman–Crippen MR) is 114 cm³/mol. The van der Waals surface area contributed by atoms with Crippen LogP contribution in [0.2, 0.25) is 5.04 Å². The van der Waals surface area contributed by atoms with Gasteiger partial charge in [0.05, 0.1) is 6.61 Å². The number of carboxylic acids is 1. The number of hydrogen-bond donors (Lipinski definition) is 1. The molecule has 0 aliphatic carbocycles. The molecule has 4 heteroatoms. The Morgan fingerprint density at radius 1 is 1.00 bits per heavy atom. The average molecular weight is 383 g/mol. The van der Waals surface area contributed by atoms with Gasteiger partial charge in [-0.25, -0.2) is 0 Å². The molecule has 0 fully saturated rings. The lowest BCUT2D eigenvalue weighted by atomic mass is 10.2. The van der Waals surface area contributed by atoms with E-state index < -0.39 is 14.3 Å². The second kappa shape index (κ2) is 9.15. The molecule has 0 saturated heterocycles. The first-order valence-electron chi connectivity index (χ1n) is 9.40. The smallest absolute Gasteiger partial charge is 0.303 e. The molecule has 2 aromatic rings.